The van der Waals surface area contributed by atoms with Crippen LogP contribution in [0.15, 0.2) is 27.5 Å². The lowest BCUT2D eigenvalue weighted by molar-refractivity contribution is 1.04. The molecule has 0 amide bonds. The molecule has 0 saturated heterocycles. The highest BCUT2D eigenvalue weighted by molar-refractivity contribution is 9.10. The standard InChI is InChI=1S/C14H8BrClN2OS/c15-7-1-2-8-6(3-7)4-9-11(8)12-13(19)17-10(5-16)18-14(12)20-9/h1-3H,4-5H2,(H,17,18,19). The van der Waals surface area contributed by atoms with E-state index in [-0.39, 0.29) is 11.4 Å². The Balaban J connectivity index is 2.08. The summed E-state index contributed by atoms with van der Waals surface area (Å²) in [5.41, 5.74) is 3.34. The van der Waals surface area contributed by atoms with E-state index in [1.54, 1.807) is 11.3 Å². The third-order valence-corrected chi connectivity index (χ3v) is 5.33. The van der Waals surface area contributed by atoms with Crippen LogP contribution in [0.4, 0.5) is 0 Å². The van der Waals surface area contributed by atoms with Crippen LogP contribution >= 0.6 is 38.9 Å². The van der Waals surface area contributed by atoms with Gasteiger partial charge in [-0.3, -0.25) is 4.79 Å². The quantitative estimate of drug-likeness (QED) is 0.516. The molecule has 0 spiro atoms. The van der Waals surface area contributed by atoms with Crippen molar-refractivity contribution >= 4 is 49.1 Å². The number of hydrogen-bond donors (Lipinski definition) is 1. The summed E-state index contributed by atoms with van der Waals surface area (Å²) < 4.78 is 1.06. The summed E-state index contributed by atoms with van der Waals surface area (Å²) >= 11 is 10.8. The van der Waals surface area contributed by atoms with Crippen LogP contribution in [0.5, 0.6) is 0 Å². The Labute approximate surface area is 131 Å². The Hall–Kier alpha value is -1.17. The van der Waals surface area contributed by atoms with E-state index in [0.29, 0.717) is 11.2 Å². The van der Waals surface area contributed by atoms with Gasteiger partial charge in [0.1, 0.15) is 10.7 Å². The van der Waals surface area contributed by atoms with Crippen LogP contribution in [0.2, 0.25) is 0 Å². The van der Waals surface area contributed by atoms with Crippen LogP contribution in [-0.2, 0) is 12.3 Å². The average molecular weight is 368 g/mol. The van der Waals surface area contributed by atoms with E-state index in [1.807, 2.05) is 6.07 Å². The molecule has 1 aromatic carbocycles. The molecule has 1 N–H and O–H groups in total. The van der Waals surface area contributed by atoms with Gasteiger partial charge in [0.25, 0.3) is 5.56 Å². The van der Waals surface area contributed by atoms with Gasteiger partial charge in [0, 0.05) is 21.3 Å². The maximum Gasteiger partial charge on any atom is 0.260 e. The first-order valence-corrected chi connectivity index (χ1v) is 8.21. The number of alkyl halides is 1. The summed E-state index contributed by atoms with van der Waals surface area (Å²) in [5.74, 6) is 0.747. The van der Waals surface area contributed by atoms with E-state index in [2.05, 4.69) is 38.0 Å². The predicted molar refractivity (Wildman–Crippen MR) is 85.7 cm³/mol. The average Bonchev–Trinajstić information content (AvgIpc) is 2.92. The summed E-state index contributed by atoms with van der Waals surface area (Å²) in [7, 11) is 0. The van der Waals surface area contributed by atoms with Gasteiger partial charge in [0.15, 0.2) is 0 Å². The van der Waals surface area contributed by atoms with Crippen molar-refractivity contribution < 1.29 is 0 Å². The van der Waals surface area contributed by atoms with Crippen molar-refractivity contribution in [3.8, 4) is 11.1 Å². The molecule has 4 rings (SSSR count). The summed E-state index contributed by atoms with van der Waals surface area (Å²) in [5, 5.41) is 0.694. The molecule has 0 aliphatic heterocycles. The number of benzene rings is 1. The van der Waals surface area contributed by atoms with E-state index in [1.165, 1.54) is 10.4 Å². The van der Waals surface area contributed by atoms with Gasteiger partial charge >= 0.3 is 0 Å². The zero-order chi connectivity index (χ0) is 13.9. The number of nitrogens with one attached hydrogen (secondary N) is 1. The fourth-order valence-electron chi connectivity index (χ4n) is 2.70. The van der Waals surface area contributed by atoms with Crippen molar-refractivity contribution in [2.24, 2.45) is 0 Å². The number of hydrogen-bond acceptors (Lipinski definition) is 3. The number of halogens is 2. The van der Waals surface area contributed by atoms with E-state index in [0.717, 1.165) is 26.9 Å². The van der Waals surface area contributed by atoms with Crippen molar-refractivity contribution in [1.82, 2.24) is 9.97 Å². The molecule has 1 aliphatic rings. The predicted octanol–water partition coefficient (Wildman–Crippen LogP) is 4.06. The van der Waals surface area contributed by atoms with Crippen LogP contribution in [-0.4, -0.2) is 9.97 Å². The lowest BCUT2D eigenvalue weighted by atomic mass is 10.1. The number of fused-ring (bicyclic) bond motifs is 5. The maximum absolute atomic E-state index is 12.3. The smallest absolute Gasteiger partial charge is 0.260 e. The highest BCUT2D eigenvalue weighted by Crippen LogP contribution is 2.45. The minimum absolute atomic E-state index is 0.0982. The van der Waals surface area contributed by atoms with Crippen molar-refractivity contribution in [1.29, 1.82) is 0 Å². The minimum atomic E-state index is -0.0982. The summed E-state index contributed by atoms with van der Waals surface area (Å²) in [6.07, 6.45) is 0.862. The van der Waals surface area contributed by atoms with Gasteiger partial charge in [-0.1, -0.05) is 22.0 Å². The fourth-order valence-corrected chi connectivity index (χ4v) is 4.46. The second-order valence-corrected chi connectivity index (χ2v) is 6.97. The summed E-state index contributed by atoms with van der Waals surface area (Å²) in [6, 6.07) is 6.18. The van der Waals surface area contributed by atoms with Gasteiger partial charge in [0.2, 0.25) is 0 Å². The molecule has 6 heteroatoms. The molecule has 0 bridgehead atoms. The third kappa shape index (κ3) is 1.70. The number of aromatic amines is 1. The molecule has 20 heavy (non-hydrogen) atoms. The molecule has 2 aromatic heterocycles. The van der Waals surface area contributed by atoms with Crippen LogP contribution in [0.1, 0.15) is 16.3 Å². The van der Waals surface area contributed by atoms with Crippen LogP contribution in [0.25, 0.3) is 21.3 Å². The highest BCUT2D eigenvalue weighted by Gasteiger charge is 2.26. The maximum atomic E-state index is 12.3. The molecular weight excluding hydrogens is 360 g/mol. The van der Waals surface area contributed by atoms with Crippen LogP contribution in [0, 0.1) is 0 Å². The van der Waals surface area contributed by atoms with Crippen LogP contribution in [0.3, 0.4) is 0 Å². The molecular formula is C14H8BrClN2OS. The molecule has 0 unspecified atom stereocenters. The van der Waals surface area contributed by atoms with Crippen molar-refractivity contribution in [3.05, 3.63) is 49.3 Å². The number of aromatic nitrogens is 2. The van der Waals surface area contributed by atoms with E-state index >= 15 is 0 Å². The number of H-pyrrole nitrogens is 1. The monoisotopic (exact) mass is 366 g/mol. The second kappa shape index (κ2) is 4.41. The van der Waals surface area contributed by atoms with Gasteiger partial charge in [-0.25, -0.2) is 4.98 Å². The van der Waals surface area contributed by atoms with Crippen molar-refractivity contribution in [2.75, 3.05) is 0 Å². The number of rotatable bonds is 1. The first kappa shape index (κ1) is 12.6. The second-order valence-electron chi connectivity index (χ2n) is 4.70. The molecule has 0 radical (unpaired) electrons. The first-order chi connectivity index (χ1) is 9.67. The van der Waals surface area contributed by atoms with E-state index in [4.69, 9.17) is 11.6 Å². The molecule has 100 valence electrons. The van der Waals surface area contributed by atoms with Crippen molar-refractivity contribution in [3.63, 3.8) is 0 Å². The molecule has 3 nitrogen and oxygen atoms in total. The topological polar surface area (TPSA) is 45.8 Å². The summed E-state index contributed by atoms with van der Waals surface area (Å²) in [4.78, 5) is 21.5. The van der Waals surface area contributed by atoms with Gasteiger partial charge in [-0.05, 0) is 23.3 Å². The molecule has 2 heterocycles. The first-order valence-electron chi connectivity index (χ1n) is 6.06. The molecule has 0 atom stereocenters. The lowest BCUT2D eigenvalue weighted by Crippen LogP contribution is -2.10. The zero-order valence-corrected chi connectivity index (χ0v) is 13.3. The van der Waals surface area contributed by atoms with Gasteiger partial charge in [-0.2, -0.15) is 0 Å². The fraction of sp³-hybridized carbons (Fsp3) is 0.143. The largest absolute Gasteiger partial charge is 0.309 e. The normalized spacial score (nSPS) is 12.7. The van der Waals surface area contributed by atoms with Crippen molar-refractivity contribution in [2.45, 2.75) is 12.3 Å². The SMILES string of the molecule is O=c1[nH]c(CCl)nc2sc3c(c12)-c1ccc(Br)cc1C3. The highest BCUT2D eigenvalue weighted by atomic mass is 79.9. The van der Waals surface area contributed by atoms with Gasteiger partial charge in [0.05, 0.1) is 11.3 Å². The molecule has 0 saturated carbocycles. The lowest BCUT2D eigenvalue weighted by Gasteiger charge is -2.02. The molecule has 0 fully saturated rings. The summed E-state index contributed by atoms with van der Waals surface area (Å²) in [6.45, 7) is 0. The van der Waals surface area contributed by atoms with Crippen LogP contribution < -0.4 is 5.56 Å². The van der Waals surface area contributed by atoms with Gasteiger partial charge < -0.3 is 4.98 Å². The number of thiophene rings is 1. The Morgan fingerprint density at radius 2 is 2.30 bits per heavy atom. The Bertz CT molecular complexity index is 915. The Morgan fingerprint density at radius 1 is 1.45 bits per heavy atom. The number of nitrogens with zero attached hydrogens (tertiary/aromatic N) is 1. The van der Waals surface area contributed by atoms with E-state index < -0.39 is 0 Å². The molecule has 1 aliphatic carbocycles. The molecule has 3 aromatic rings. The zero-order valence-electron chi connectivity index (χ0n) is 10.2. The minimum Gasteiger partial charge on any atom is -0.309 e. The van der Waals surface area contributed by atoms with E-state index in [9.17, 15) is 4.79 Å². The van der Waals surface area contributed by atoms with Gasteiger partial charge in [-0.15, -0.1) is 22.9 Å². The third-order valence-electron chi connectivity index (χ3n) is 3.50. The Morgan fingerprint density at radius 3 is 3.10 bits per heavy atom. The Kier molecular flexibility index (Phi) is 2.77.